The fraction of sp³-hybridized carbons (Fsp3) is 0.133. The molecule has 0 spiro atoms. The van der Waals surface area contributed by atoms with E-state index in [0.29, 0.717) is 21.9 Å². The van der Waals surface area contributed by atoms with Crippen LogP contribution in [0, 0.1) is 11.3 Å². The number of sulfone groups is 1. The van der Waals surface area contributed by atoms with Gasteiger partial charge in [-0.15, -0.1) is 0 Å². The van der Waals surface area contributed by atoms with Crippen molar-refractivity contribution in [2.75, 3.05) is 7.11 Å². The Morgan fingerprint density at radius 3 is 2.62 bits per heavy atom. The van der Waals surface area contributed by atoms with Crippen molar-refractivity contribution in [1.82, 2.24) is 0 Å². The van der Waals surface area contributed by atoms with E-state index >= 15 is 0 Å². The smallest absolute Gasteiger partial charge is 0.182 e. The molecule has 0 unspecified atom stereocenters. The second-order valence-electron chi connectivity index (χ2n) is 4.35. The van der Waals surface area contributed by atoms with Crippen LogP contribution in [0.3, 0.4) is 0 Å². The van der Waals surface area contributed by atoms with Crippen molar-refractivity contribution >= 4 is 21.4 Å². The van der Waals surface area contributed by atoms with Crippen molar-refractivity contribution in [2.45, 2.75) is 10.6 Å². The largest absolute Gasteiger partial charge is 0.496 e. The summed E-state index contributed by atoms with van der Waals surface area (Å²) in [6.07, 6.45) is 0. The van der Waals surface area contributed by atoms with Crippen LogP contribution in [0.1, 0.15) is 11.1 Å². The topological polar surface area (TPSA) is 67.2 Å². The minimum atomic E-state index is -3.57. The van der Waals surface area contributed by atoms with Gasteiger partial charge in [-0.2, -0.15) is 5.26 Å². The van der Waals surface area contributed by atoms with E-state index in [2.05, 4.69) is 0 Å². The molecule has 0 saturated carbocycles. The van der Waals surface area contributed by atoms with Gasteiger partial charge < -0.3 is 4.74 Å². The zero-order valence-corrected chi connectivity index (χ0v) is 12.8. The molecule has 0 bridgehead atoms. The summed E-state index contributed by atoms with van der Waals surface area (Å²) in [4.78, 5) is 0.138. The quantitative estimate of drug-likeness (QED) is 0.867. The minimum Gasteiger partial charge on any atom is -0.496 e. The molecule has 0 aromatic heterocycles. The van der Waals surface area contributed by atoms with Crippen LogP contribution in [-0.2, 0) is 15.6 Å². The maximum atomic E-state index is 12.4. The van der Waals surface area contributed by atoms with Gasteiger partial charge in [-0.25, -0.2) is 8.42 Å². The Morgan fingerprint density at radius 2 is 2.00 bits per heavy atom. The molecule has 108 valence electrons. The standard InChI is InChI=1S/C15H12ClNO3S/c1-20-15-6-5-11(9-17)7-12(15)10-21(18,19)14-4-2-3-13(16)8-14/h2-8H,10H2,1H3. The summed E-state index contributed by atoms with van der Waals surface area (Å²) in [6.45, 7) is 0. The third-order valence-corrected chi connectivity index (χ3v) is 4.81. The first-order valence-corrected chi connectivity index (χ1v) is 8.04. The average molecular weight is 322 g/mol. The Kier molecular flexibility index (Phi) is 4.51. The number of hydrogen-bond acceptors (Lipinski definition) is 4. The highest BCUT2D eigenvalue weighted by atomic mass is 35.5. The van der Waals surface area contributed by atoms with Gasteiger partial charge in [0.2, 0.25) is 0 Å². The highest BCUT2D eigenvalue weighted by Gasteiger charge is 2.18. The number of nitriles is 1. The maximum Gasteiger partial charge on any atom is 0.182 e. The van der Waals surface area contributed by atoms with Gasteiger partial charge in [0.15, 0.2) is 9.84 Å². The van der Waals surface area contributed by atoms with Crippen LogP contribution in [0.2, 0.25) is 5.02 Å². The molecular weight excluding hydrogens is 310 g/mol. The molecule has 0 saturated heterocycles. The van der Waals surface area contributed by atoms with Gasteiger partial charge in [-0.1, -0.05) is 17.7 Å². The molecule has 0 aliphatic heterocycles. The number of hydrogen-bond donors (Lipinski definition) is 0. The van der Waals surface area contributed by atoms with Crippen molar-refractivity contribution in [2.24, 2.45) is 0 Å². The number of nitrogens with zero attached hydrogens (tertiary/aromatic N) is 1. The molecule has 6 heteroatoms. The van der Waals surface area contributed by atoms with Crippen LogP contribution in [0.15, 0.2) is 47.4 Å². The van der Waals surface area contributed by atoms with Gasteiger partial charge in [-0.05, 0) is 36.4 Å². The lowest BCUT2D eigenvalue weighted by molar-refractivity contribution is 0.411. The van der Waals surface area contributed by atoms with Gasteiger partial charge in [0.05, 0.1) is 29.4 Å². The van der Waals surface area contributed by atoms with E-state index in [1.165, 1.54) is 25.3 Å². The summed E-state index contributed by atoms with van der Waals surface area (Å²) in [5.41, 5.74) is 0.823. The second kappa shape index (κ2) is 6.17. The summed E-state index contributed by atoms with van der Waals surface area (Å²) in [5, 5.41) is 9.28. The molecule has 0 atom stereocenters. The third kappa shape index (κ3) is 3.54. The predicted molar refractivity (Wildman–Crippen MR) is 80.1 cm³/mol. The van der Waals surface area contributed by atoms with Crippen molar-refractivity contribution in [1.29, 1.82) is 5.26 Å². The number of ether oxygens (including phenoxy) is 1. The minimum absolute atomic E-state index is 0.138. The fourth-order valence-corrected chi connectivity index (χ4v) is 3.56. The first-order valence-electron chi connectivity index (χ1n) is 6.01. The van der Waals surface area contributed by atoms with E-state index in [1.54, 1.807) is 24.3 Å². The monoisotopic (exact) mass is 321 g/mol. The molecule has 2 aromatic rings. The summed E-state index contributed by atoms with van der Waals surface area (Å²) >= 11 is 5.83. The zero-order valence-electron chi connectivity index (χ0n) is 11.2. The van der Waals surface area contributed by atoms with Crippen LogP contribution in [0.25, 0.3) is 0 Å². The Hall–Kier alpha value is -2.03. The van der Waals surface area contributed by atoms with E-state index in [0.717, 1.165) is 0 Å². The Labute approximate surface area is 128 Å². The van der Waals surface area contributed by atoms with Crippen molar-refractivity contribution in [3.05, 3.63) is 58.6 Å². The Bertz CT molecular complexity index is 810. The normalized spacial score (nSPS) is 10.9. The molecule has 0 aliphatic rings. The van der Waals surface area contributed by atoms with Gasteiger partial charge >= 0.3 is 0 Å². The molecule has 0 amide bonds. The van der Waals surface area contributed by atoms with Crippen LogP contribution >= 0.6 is 11.6 Å². The molecule has 21 heavy (non-hydrogen) atoms. The van der Waals surface area contributed by atoms with Gasteiger partial charge in [0, 0.05) is 10.6 Å². The van der Waals surface area contributed by atoms with Crippen LogP contribution < -0.4 is 4.74 Å². The first-order chi connectivity index (χ1) is 9.96. The third-order valence-electron chi connectivity index (χ3n) is 2.91. The number of halogens is 1. The number of benzene rings is 2. The molecule has 0 radical (unpaired) electrons. The molecule has 0 N–H and O–H groups in total. The van der Waals surface area contributed by atoms with Gasteiger partial charge in [0.1, 0.15) is 5.75 Å². The van der Waals surface area contributed by atoms with E-state index in [9.17, 15) is 8.42 Å². The Balaban J connectivity index is 2.43. The van der Waals surface area contributed by atoms with E-state index in [-0.39, 0.29) is 10.6 Å². The SMILES string of the molecule is COc1ccc(C#N)cc1CS(=O)(=O)c1cccc(Cl)c1. The van der Waals surface area contributed by atoms with Crippen LogP contribution in [0.5, 0.6) is 5.75 Å². The van der Waals surface area contributed by atoms with Crippen LogP contribution in [0.4, 0.5) is 0 Å². The maximum absolute atomic E-state index is 12.4. The lowest BCUT2D eigenvalue weighted by Gasteiger charge is -2.10. The van der Waals surface area contributed by atoms with E-state index in [4.69, 9.17) is 21.6 Å². The summed E-state index contributed by atoms with van der Waals surface area (Å²) in [6, 6.07) is 12.7. The molecule has 0 heterocycles. The highest BCUT2D eigenvalue weighted by Crippen LogP contribution is 2.26. The second-order valence-corrected chi connectivity index (χ2v) is 6.78. The van der Waals surface area contributed by atoms with E-state index < -0.39 is 9.84 Å². The van der Waals surface area contributed by atoms with E-state index in [1.807, 2.05) is 6.07 Å². The fourth-order valence-electron chi connectivity index (χ4n) is 1.91. The number of rotatable bonds is 4. The van der Waals surface area contributed by atoms with Crippen LogP contribution in [-0.4, -0.2) is 15.5 Å². The Morgan fingerprint density at radius 1 is 1.24 bits per heavy atom. The highest BCUT2D eigenvalue weighted by molar-refractivity contribution is 7.90. The van der Waals surface area contributed by atoms with Gasteiger partial charge in [0.25, 0.3) is 0 Å². The van der Waals surface area contributed by atoms with Gasteiger partial charge in [-0.3, -0.25) is 0 Å². The molecular formula is C15H12ClNO3S. The zero-order chi connectivity index (χ0) is 15.5. The summed E-state index contributed by atoms with van der Waals surface area (Å²) in [7, 11) is -2.11. The summed E-state index contributed by atoms with van der Waals surface area (Å²) < 4.78 is 30.0. The molecule has 0 aliphatic carbocycles. The summed E-state index contributed by atoms with van der Waals surface area (Å²) in [5.74, 6) is 0.172. The van der Waals surface area contributed by atoms with Crippen molar-refractivity contribution in [3.63, 3.8) is 0 Å². The first kappa shape index (κ1) is 15.4. The van der Waals surface area contributed by atoms with Crippen molar-refractivity contribution in [3.8, 4) is 11.8 Å². The lowest BCUT2D eigenvalue weighted by atomic mass is 10.1. The lowest BCUT2D eigenvalue weighted by Crippen LogP contribution is -2.06. The molecule has 4 nitrogen and oxygen atoms in total. The molecule has 2 rings (SSSR count). The molecule has 2 aromatic carbocycles. The molecule has 0 fully saturated rings. The predicted octanol–water partition coefficient (Wildman–Crippen LogP) is 3.19. The number of methoxy groups -OCH3 is 1. The van der Waals surface area contributed by atoms with Crippen molar-refractivity contribution < 1.29 is 13.2 Å². The average Bonchev–Trinajstić information content (AvgIpc) is 2.46.